The average Bonchev–Trinajstić information content (AvgIpc) is 2.36. The summed E-state index contributed by atoms with van der Waals surface area (Å²) in [5, 5.41) is 0.664. The molecular weight excluding hydrogens is 260 g/mol. The van der Waals surface area contributed by atoms with Crippen molar-refractivity contribution in [3.05, 3.63) is 34.9 Å². The molecule has 106 valence electrons. The van der Waals surface area contributed by atoms with E-state index >= 15 is 0 Å². The summed E-state index contributed by atoms with van der Waals surface area (Å²) < 4.78 is 0. The Morgan fingerprint density at radius 1 is 1.05 bits per heavy atom. The Morgan fingerprint density at radius 3 is 2.26 bits per heavy atom. The summed E-state index contributed by atoms with van der Waals surface area (Å²) in [5.41, 5.74) is 0.742. The summed E-state index contributed by atoms with van der Waals surface area (Å²) in [4.78, 5) is 16.3. The predicted molar refractivity (Wildman–Crippen MR) is 81.1 cm³/mol. The van der Waals surface area contributed by atoms with E-state index in [2.05, 4.69) is 30.9 Å². The van der Waals surface area contributed by atoms with E-state index in [1.54, 1.807) is 24.3 Å². The SMILES string of the molecule is CN(C)CCCN(C)CCC(=O)c1ccc(Cl)cc1. The molecule has 19 heavy (non-hydrogen) atoms. The van der Waals surface area contributed by atoms with Crippen LogP contribution < -0.4 is 0 Å². The van der Waals surface area contributed by atoms with Crippen molar-refractivity contribution in [3.8, 4) is 0 Å². The summed E-state index contributed by atoms with van der Waals surface area (Å²) in [7, 11) is 6.21. The Hall–Kier alpha value is -0.900. The monoisotopic (exact) mass is 282 g/mol. The number of hydrogen-bond acceptors (Lipinski definition) is 3. The van der Waals surface area contributed by atoms with E-state index in [0.717, 1.165) is 31.6 Å². The van der Waals surface area contributed by atoms with E-state index in [4.69, 9.17) is 11.6 Å². The molecule has 0 fully saturated rings. The first-order valence-electron chi connectivity index (χ1n) is 6.61. The zero-order valence-electron chi connectivity index (χ0n) is 12.0. The number of Topliss-reactive ketones (excluding diaryl/α,β-unsaturated/α-hetero) is 1. The molecule has 0 aliphatic heterocycles. The van der Waals surface area contributed by atoms with Gasteiger partial charge in [0.15, 0.2) is 5.78 Å². The summed E-state index contributed by atoms with van der Waals surface area (Å²) >= 11 is 5.80. The van der Waals surface area contributed by atoms with Crippen LogP contribution in [0.4, 0.5) is 0 Å². The lowest BCUT2D eigenvalue weighted by Gasteiger charge is -2.17. The van der Waals surface area contributed by atoms with Gasteiger partial charge >= 0.3 is 0 Å². The molecule has 3 nitrogen and oxygen atoms in total. The first-order valence-corrected chi connectivity index (χ1v) is 6.99. The fraction of sp³-hybridized carbons (Fsp3) is 0.533. The molecule has 0 N–H and O–H groups in total. The van der Waals surface area contributed by atoms with Gasteiger partial charge in [-0.05, 0) is 64.9 Å². The normalized spacial score (nSPS) is 11.3. The standard InChI is InChI=1S/C15H23ClN2O/c1-17(2)10-4-11-18(3)12-9-15(19)13-5-7-14(16)8-6-13/h5-8H,4,9-12H2,1-3H3. The molecule has 0 aliphatic carbocycles. The van der Waals surface area contributed by atoms with E-state index in [-0.39, 0.29) is 5.78 Å². The Morgan fingerprint density at radius 2 is 1.68 bits per heavy atom. The second-order valence-electron chi connectivity index (χ2n) is 5.14. The minimum Gasteiger partial charge on any atom is -0.309 e. The number of carbonyl (C=O) groups is 1. The minimum atomic E-state index is 0.177. The van der Waals surface area contributed by atoms with Crippen LogP contribution in [0, 0.1) is 0 Å². The lowest BCUT2D eigenvalue weighted by molar-refractivity contribution is 0.0968. The molecule has 0 heterocycles. The van der Waals surface area contributed by atoms with Gasteiger partial charge < -0.3 is 9.80 Å². The molecule has 0 aromatic heterocycles. The predicted octanol–water partition coefficient (Wildman–Crippen LogP) is 2.80. The van der Waals surface area contributed by atoms with Crippen LogP contribution in [0.25, 0.3) is 0 Å². The number of carbonyl (C=O) groups excluding carboxylic acids is 1. The molecule has 0 aliphatic rings. The molecule has 0 unspecified atom stereocenters. The first-order chi connectivity index (χ1) is 8.99. The fourth-order valence-electron chi connectivity index (χ4n) is 1.84. The second kappa shape index (κ2) is 8.31. The Kier molecular flexibility index (Phi) is 7.06. The van der Waals surface area contributed by atoms with Crippen molar-refractivity contribution in [2.45, 2.75) is 12.8 Å². The Bertz CT molecular complexity index is 390. The maximum absolute atomic E-state index is 12.0. The van der Waals surface area contributed by atoms with Gasteiger partial charge in [-0.1, -0.05) is 11.6 Å². The molecular formula is C15H23ClN2O. The van der Waals surface area contributed by atoms with E-state index in [1.165, 1.54) is 0 Å². The number of rotatable bonds is 8. The zero-order valence-corrected chi connectivity index (χ0v) is 12.8. The number of halogens is 1. The van der Waals surface area contributed by atoms with Gasteiger partial charge in [0, 0.05) is 23.6 Å². The molecule has 1 aromatic rings. The molecule has 0 saturated heterocycles. The third kappa shape index (κ3) is 6.71. The molecule has 0 saturated carbocycles. The largest absolute Gasteiger partial charge is 0.309 e. The van der Waals surface area contributed by atoms with Gasteiger partial charge in [-0.25, -0.2) is 0 Å². The number of ketones is 1. The highest BCUT2D eigenvalue weighted by molar-refractivity contribution is 6.30. The van der Waals surface area contributed by atoms with E-state index in [1.807, 2.05) is 0 Å². The molecule has 0 atom stereocenters. The summed E-state index contributed by atoms with van der Waals surface area (Å²) in [6, 6.07) is 7.10. The molecule has 1 aromatic carbocycles. The number of nitrogens with zero attached hydrogens (tertiary/aromatic N) is 2. The maximum Gasteiger partial charge on any atom is 0.164 e. The quantitative estimate of drug-likeness (QED) is 0.685. The van der Waals surface area contributed by atoms with Gasteiger partial charge in [0.2, 0.25) is 0 Å². The summed E-state index contributed by atoms with van der Waals surface area (Å²) in [5.74, 6) is 0.177. The van der Waals surface area contributed by atoms with Crippen LogP contribution in [0.5, 0.6) is 0 Å². The van der Waals surface area contributed by atoms with Crippen molar-refractivity contribution in [3.63, 3.8) is 0 Å². The molecule has 0 spiro atoms. The first kappa shape index (κ1) is 16.2. The third-order valence-electron chi connectivity index (χ3n) is 3.03. The maximum atomic E-state index is 12.0. The van der Waals surface area contributed by atoms with Gasteiger partial charge in [-0.15, -0.1) is 0 Å². The van der Waals surface area contributed by atoms with Crippen LogP contribution in [0.2, 0.25) is 5.02 Å². The van der Waals surface area contributed by atoms with Crippen molar-refractivity contribution < 1.29 is 4.79 Å². The topological polar surface area (TPSA) is 23.6 Å². The summed E-state index contributed by atoms with van der Waals surface area (Å²) in [6.07, 6.45) is 1.68. The van der Waals surface area contributed by atoms with Gasteiger partial charge in [-0.3, -0.25) is 4.79 Å². The minimum absolute atomic E-state index is 0.177. The van der Waals surface area contributed by atoms with Crippen molar-refractivity contribution in [1.29, 1.82) is 0 Å². The second-order valence-corrected chi connectivity index (χ2v) is 5.58. The van der Waals surface area contributed by atoms with Crippen LogP contribution in [0.1, 0.15) is 23.2 Å². The van der Waals surface area contributed by atoms with Crippen LogP contribution >= 0.6 is 11.6 Å². The molecule has 0 bridgehead atoms. The van der Waals surface area contributed by atoms with Crippen molar-refractivity contribution in [2.75, 3.05) is 40.8 Å². The van der Waals surface area contributed by atoms with E-state index < -0.39 is 0 Å². The molecule has 1 rings (SSSR count). The lowest BCUT2D eigenvalue weighted by atomic mass is 10.1. The molecule has 4 heteroatoms. The molecule has 0 amide bonds. The number of benzene rings is 1. The Balaban J connectivity index is 2.27. The van der Waals surface area contributed by atoms with Gasteiger partial charge in [0.05, 0.1) is 0 Å². The zero-order chi connectivity index (χ0) is 14.3. The van der Waals surface area contributed by atoms with Crippen LogP contribution in [-0.2, 0) is 0 Å². The van der Waals surface area contributed by atoms with Crippen LogP contribution in [0.15, 0.2) is 24.3 Å². The molecule has 0 radical (unpaired) electrons. The van der Waals surface area contributed by atoms with Gasteiger partial charge in [-0.2, -0.15) is 0 Å². The van der Waals surface area contributed by atoms with E-state index in [9.17, 15) is 4.79 Å². The lowest BCUT2D eigenvalue weighted by Crippen LogP contribution is -2.26. The summed E-state index contributed by atoms with van der Waals surface area (Å²) in [6.45, 7) is 2.90. The Labute approximate surface area is 121 Å². The number of hydrogen-bond donors (Lipinski definition) is 0. The van der Waals surface area contributed by atoms with Crippen molar-refractivity contribution in [1.82, 2.24) is 9.80 Å². The average molecular weight is 283 g/mol. The third-order valence-corrected chi connectivity index (χ3v) is 3.28. The highest BCUT2D eigenvalue weighted by Gasteiger charge is 2.07. The highest BCUT2D eigenvalue weighted by Crippen LogP contribution is 2.11. The van der Waals surface area contributed by atoms with Gasteiger partial charge in [0.25, 0.3) is 0 Å². The van der Waals surface area contributed by atoms with Crippen LogP contribution in [0.3, 0.4) is 0 Å². The fourth-order valence-corrected chi connectivity index (χ4v) is 1.97. The van der Waals surface area contributed by atoms with Crippen LogP contribution in [-0.4, -0.2) is 56.4 Å². The van der Waals surface area contributed by atoms with E-state index in [0.29, 0.717) is 11.4 Å². The smallest absolute Gasteiger partial charge is 0.164 e. The van der Waals surface area contributed by atoms with Crippen molar-refractivity contribution in [2.24, 2.45) is 0 Å². The van der Waals surface area contributed by atoms with Crippen molar-refractivity contribution >= 4 is 17.4 Å². The highest BCUT2D eigenvalue weighted by atomic mass is 35.5. The van der Waals surface area contributed by atoms with Gasteiger partial charge in [0.1, 0.15) is 0 Å².